The highest BCUT2D eigenvalue weighted by atomic mass is 15.2. The smallest absolute Gasteiger partial charge is 0.0642 e. The van der Waals surface area contributed by atoms with Crippen LogP contribution in [-0.2, 0) is 0 Å². The van der Waals surface area contributed by atoms with Crippen molar-refractivity contribution < 1.29 is 0 Å². The molecule has 316 valence electrons. The predicted octanol–water partition coefficient (Wildman–Crippen LogP) is 16.0. The number of rotatable bonds is 11. The van der Waals surface area contributed by atoms with Crippen LogP contribution in [0.2, 0.25) is 0 Å². The molecule has 5 aliphatic rings. The summed E-state index contributed by atoms with van der Waals surface area (Å²) in [4.78, 5) is 5.23. The van der Waals surface area contributed by atoms with E-state index in [1.807, 2.05) is 0 Å². The maximum absolute atomic E-state index is 2.70. The molecule has 6 atom stereocenters. The van der Waals surface area contributed by atoms with Gasteiger partial charge in [0.2, 0.25) is 0 Å². The molecule has 0 radical (unpaired) electrons. The summed E-state index contributed by atoms with van der Waals surface area (Å²) in [7, 11) is 0. The van der Waals surface area contributed by atoms with Crippen molar-refractivity contribution in [1.29, 1.82) is 0 Å². The lowest BCUT2D eigenvalue weighted by atomic mass is 9.82. The summed E-state index contributed by atoms with van der Waals surface area (Å²) < 4.78 is 0. The van der Waals surface area contributed by atoms with E-state index in [2.05, 4.69) is 223 Å². The largest absolute Gasteiger partial charge is 0.358 e. The second kappa shape index (κ2) is 18.7. The highest BCUT2D eigenvalue weighted by Crippen LogP contribution is 2.42. The normalized spacial score (nSPS) is 25.3. The van der Waals surface area contributed by atoms with Gasteiger partial charge in [0.05, 0.1) is 11.6 Å². The van der Waals surface area contributed by atoms with Gasteiger partial charge in [-0.15, -0.1) is 0 Å². The van der Waals surface area contributed by atoms with Crippen molar-refractivity contribution in [2.24, 2.45) is 5.92 Å². The van der Waals surface area contributed by atoms with Gasteiger partial charge in [-0.1, -0.05) is 170 Å². The molecule has 0 aromatic heterocycles. The molecular formula is C61H62N2. The predicted molar refractivity (Wildman–Crippen MR) is 269 cm³/mol. The number of hydrogen-bond donors (Lipinski definition) is 0. The van der Waals surface area contributed by atoms with Crippen LogP contribution in [-0.4, -0.2) is 17.6 Å². The molecule has 5 aliphatic carbocycles. The van der Waals surface area contributed by atoms with Gasteiger partial charge in [-0.3, -0.25) is 0 Å². The summed E-state index contributed by atoms with van der Waals surface area (Å²) in [6.45, 7) is 2.36. The van der Waals surface area contributed by atoms with E-state index in [0.717, 1.165) is 38.5 Å². The Hall–Kier alpha value is -6.12. The van der Waals surface area contributed by atoms with E-state index in [0.29, 0.717) is 29.8 Å². The number of benzene rings is 5. The second-order valence-electron chi connectivity index (χ2n) is 18.7. The van der Waals surface area contributed by atoms with Crippen molar-refractivity contribution in [1.82, 2.24) is 0 Å². The van der Waals surface area contributed by atoms with Gasteiger partial charge >= 0.3 is 0 Å². The van der Waals surface area contributed by atoms with Crippen LogP contribution in [0.1, 0.15) is 99.7 Å². The van der Waals surface area contributed by atoms with Gasteiger partial charge in [0.15, 0.2) is 0 Å². The fourth-order valence-electron chi connectivity index (χ4n) is 11.0. The molecule has 2 heteroatoms. The minimum Gasteiger partial charge on any atom is -0.358 e. The molecule has 5 aromatic rings. The summed E-state index contributed by atoms with van der Waals surface area (Å²) in [6, 6.07) is 50.8. The number of nitrogens with zero attached hydrogens (tertiary/aromatic N) is 2. The molecule has 0 fully saturated rings. The molecule has 5 aromatic carbocycles. The van der Waals surface area contributed by atoms with Crippen LogP contribution < -0.4 is 9.80 Å². The molecule has 6 unspecified atom stereocenters. The van der Waals surface area contributed by atoms with E-state index < -0.39 is 0 Å². The summed E-state index contributed by atoms with van der Waals surface area (Å²) in [6.07, 6.45) is 40.3. The quantitative estimate of drug-likeness (QED) is 0.122. The lowest BCUT2D eigenvalue weighted by Crippen LogP contribution is -2.43. The first-order chi connectivity index (χ1) is 31.1. The van der Waals surface area contributed by atoms with Crippen LogP contribution in [0.4, 0.5) is 17.1 Å². The highest BCUT2D eigenvalue weighted by molar-refractivity contribution is 5.75. The van der Waals surface area contributed by atoms with E-state index >= 15 is 0 Å². The van der Waals surface area contributed by atoms with Crippen LogP contribution in [0, 0.1) is 5.92 Å². The van der Waals surface area contributed by atoms with E-state index in [1.54, 1.807) is 0 Å². The first kappa shape index (κ1) is 40.9. The van der Waals surface area contributed by atoms with Gasteiger partial charge in [0, 0.05) is 34.9 Å². The zero-order valence-corrected chi connectivity index (χ0v) is 37.0. The first-order valence-electron chi connectivity index (χ1n) is 23.8. The molecular weight excluding hydrogens is 761 g/mol. The molecule has 63 heavy (non-hydrogen) atoms. The molecule has 0 aliphatic heterocycles. The van der Waals surface area contributed by atoms with Crippen LogP contribution in [0.15, 0.2) is 212 Å². The Kier molecular flexibility index (Phi) is 12.1. The Bertz CT molecular complexity index is 2530. The van der Waals surface area contributed by atoms with Crippen molar-refractivity contribution >= 4 is 22.6 Å². The third-order valence-corrected chi connectivity index (χ3v) is 14.6. The summed E-state index contributed by atoms with van der Waals surface area (Å²) in [5.41, 5.74) is 13.2. The molecule has 0 saturated heterocycles. The van der Waals surface area contributed by atoms with Gasteiger partial charge < -0.3 is 9.80 Å². The lowest BCUT2D eigenvalue weighted by Gasteiger charge is -2.42. The van der Waals surface area contributed by atoms with Gasteiger partial charge in [-0.25, -0.2) is 0 Å². The van der Waals surface area contributed by atoms with Crippen molar-refractivity contribution in [2.75, 3.05) is 9.80 Å². The third kappa shape index (κ3) is 9.05. The third-order valence-electron chi connectivity index (χ3n) is 14.6. The molecule has 0 bridgehead atoms. The van der Waals surface area contributed by atoms with Gasteiger partial charge in [0.25, 0.3) is 0 Å². The molecule has 0 spiro atoms. The topological polar surface area (TPSA) is 6.48 Å². The van der Waals surface area contributed by atoms with Gasteiger partial charge in [-0.2, -0.15) is 0 Å². The zero-order chi connectivity index (χ0) is 42.4. The standard InChI is InChI=1S/C61H62N2/c1-61(44-12-5-13-45-61)63(59-40-30-54(31-41-59)50-22-20-49(21-23-50)46-14-6-2-7-15-46)60-42-32-55(33-43-60)53-28-38-58(39-29-53)62(56-34-24-51(25-35-56)47-16-8-3-9-17-47)57-36-26-52(27-37-57)48-18-10-4-11-19-48/h2-3,5-10,12-18,22,24,26-34,36,38-44,48-49,51,56-57H,4,11,19-21,23,25,35,37,45H2,1H3. The van der Waals surface area contributed by atoms with E-state index in [-0.39, 0.29) is 5.54 Å². The SMILES string of the molecule is CC1(N(c2ccc(C3=CCC(c4ccccc4)CC3)cc2)c2ccc(-c3ccc(N(C4C=CC(C5C=CCCC5)=CC4)C4C=CC(c5ccccc5)CC4)cc3)cc2)C=CC=CC1. The Morgan fingerprint density at radius 2 is 1.21 bits per heavy atom. The lowest BCUT2D eigenvalue weighted by molar-refractivity contribution is 0.523. The zero-order valence-electron chi connectivity index (χ0n) is 37.0. The van der Waals surface area contributed by atoms with E-state index in [4.69, 9.17) is 0 Å². The number of hydrogen-bond acceptors (Lipinski definition) is 2. The maximum Gasteiger partial charge on any atom is 0.0642 e. The number of anilines is 3. The van der Waals surface area contributed by atoms with Crippen molar-refractivity contribution in [3.8, 4) is 11.1 Å². The fourth-order valence-corrected chi connectivity index (χ4v) is 11.0. The van der Waals surface area contributed by atoms with Crippen molar-refractivity contribution in [3.63, 3.8) is 0 Å². The van der Waals surface area contributed by atoms with E-state index in [9.17, 15) is 0 Å². The Labute approximate surface area is 377 Å². The molecule has 10 rings (SSSR count). The molecule has 0 amide bonds. The van der Waals surface area contributed by atoms with Crippen LogP contribution in [0.5, 0.6) is 0 Å². The highest BCUT2D eigenvalue weighted by Gasteiger charge is 2.32. The Morgan fingerprint density at radius 1 is 0.524 bits per heavy atom. The Morgan fingerprint density at radius 3 is 1.78 bits per heavy atom. The van der Waals surface area contributed by atoms with E-state index in [1.165, 1.54) is 81.7 Å². The summed E-state index contributed by atoms with van der Waals surface area (Å²) in [5, 5.41) is 0. The summed E-state index contributed by atoms with van der Waals surface area (Å²) in [5.74, 6) is 1.67. The minimum atomic E-state index is -0.179. The molecule has 0 heterocycles. The fraction of sp³-hybridized carbons (Fsp3) is 0.279. The average Bonchev–Trinajstić information content (AvgIpc) is 3.36. The Balaban J connectivity index is 0.884. The van der Waals surface area contributed by atoms with Crippen molar-refractivity contribution in [2.45, 2.75) is 101 Å². The maximum atomic E-state index is 2.70. The molecule has 2 nitrogen and oxygen atoms in total. The number of allylic oxidation sites excluding steroid dienone is 9. The van der Waals surface area contributed by atoms with Crippen LogP contribution >= 0.6 is 0 Å². The van der Waals surface area contributed by atoms with Crippen molar-refractivity contribution in [3.05, 3.63) is 229 Å². The first-order valence-corrected chi connectivity index (χ1v) is 23.8. The molecule has 0 saturated carbocycles. The van der Waals surface area contributed by atoms with Crippen LogP contribution in [0.3, 0.4) is 0 Å². The van der Waals surface area contributed by atoms with Gasteiger partial charge in [-0.05, 0) is 152 Å². The second-order valence-corrected chi connectivity index (χ2v) is 18.7. The average molecular weight is 823 g/mol. The monoisotopic (exact) mass is 822 g/mol. The molecule has 0 N–H and O–H groups in total. The van der Waals surface area contributed by atoms with Gasteiger partial charge in [0.1, 0.15) is 0 Å². The summed E-state index contributed by atoms with van der Waals surface area (Å²) >= 11 is 0. The van der Waals surface area contributed by atoms with Crippen LogP contribution in [0.25, 0.3) is 16.7 Å². The minimum absolute atomic E-state index is 0.179.